The summed E-state index contributed by atoms with van der Waals surface area (Å²) in [6, 6.07) is 9.89. The Balaban J connectivity index is 1.90. The van der Waals surface area contributed by atoms with Crippen molar-refractivity contribution in [2.45, 2.75) is 39.2 Å². The van der Waals surface area contributed by atoms with Gasteiger partial charge in [0.05, 0.1) is 11.4 Å². The first kappa shape index (κ1) is 14.7. The number of pyridine rings is 1. The molecule has 0 saturated carbocycles. The summed E-state index contributed by atoms with van der Waals surface area (Å²) < 4.78 is 0. The maximum Gasteiger partial charge on any atom is 0.233 e. The van der Waals surface area contributed by atoms with Crippen molar-refractivity contribution in [1.82, 2.24) is 9.88 Å². The number of fused-ring (bicyclic) bond motifs is 1. The number of hydrogen-bond donors (Lipinski definition) is 0. The molecule has 0 bridgehead atoms. The van der Waals surface area contributed by atoms with Crippen molar-refractivity contribution in [3.8, 4) is 0 Å². The van der Waals surface area contributed by atoms with Crippen LogP contribution in [0.25, 0.3) is 10.9 Å². The molecule has 2 amide bonds. The second kappa shape index (κ2) is 5.20. The number of para-hydroxylation sites is 1. The first-order valence-electron chi connectivity index (χ1n) is 7.57. The topological polar surface area (TPSA) is 50.3 Å². The molecule has 0 N–H and O–H groups in total. The van der Waals surface area contributed by atoms with Gasteiger partial charge in [0.2, 0.25) is 11.8 Å². The number of carbonyl (C=O) groups excluding carboxylic acids is 2. The molecule has 1 aliphatic rings. The molecule has 1 saturated heterocycles. The number of carbonyl (C=O) groups is 2. The van der Waals surface area contributed by atoms with E-state index in [1.165, 1.54) is 4.90 Å². The van der Waals surface area contributed by atoms with E-state index >= 15 is 0 Å². The van der Waals surface area contributed by atoms with Gasteiger partial charge in [0, 0.05) is 23.5 Å². The van der Waals surface area contributed by atoms with Gasteiger partial charge in [-0.25, -0.2) is 0 Å². The van der Waals surface area contributed by atoms with Crippen LogP contribution in [0.4, 0.5) is 0 Å². The molecule has 4 nitrogen and oxygen atoms in total. The molecule has 1 aromatic heterocycles. The van der Waals surface area contributed by atoms with Gasteiger partial charge in [0.1, 0.15) is 0 Å². The van der Waals surface area contributed by atoms with Crippen molar-refractivity contribution in [2.75, 3.05) is 0 Å². The van der Waals surface area contributed by atoms with Crippen molar-refractivity contribution in [1.29, 1.82) is 0 Å². The first-order valence-corrected chi connectivity index (χ1v) is 7.57. The molecule has 1 unspecified atom stereocenters. The van der Waals surface area contributed by atoms with Crippen molar-refractivity contribution < 1.29 is 9.59 Å². The summed E-state index contributed by atoms with van der Waals surface area (Å²) in [5.74, 6) is -0.416. The van der Waals surface area contributed by atoms with E-state index in [1.807, 2.05) is 51.1 Å². The van der Waals surface area contributed by atoms with Crippen LogP contribution in [0.3, 0.4) is 0 Å². The molecule has 22 heavy (non-hydrogen) atoms. The summed E-state index contributed by atoms with van der Waals surface area (Å²) in [6.07, 6.45) is 2.61. The normalized spacial score (nSPS) is 19.2. The average molecular weight is 296 g/mol. The number of likely N-dealkylation sites (tertiary alicyclic amines) is 1. The number of nitrogens with zero attached hydrogens (tertiary/aromatic N) is 2. The highest BCUT2D eigenvalue weighted by atomic mass is 16.2. The molecule has 114 valence electrons. The summed E-state index contributed by atoms with van der Waals surface area (Å²) in [7, 11) is 0. The Labute approximate surface area is 130 Å². The number of imide groups is 1. The van der Waals surface area contributed by atoms with Crippen LogP contribution in [0.15, 0.2) is 36.5 Å². The van der Waals surface area contributed by atoms with E-state index < -0.39 is 5.54 Å². The van der Waals surface area contributed by atoms with Gasteiger partial charge in [-0.3, -0.25) is 19.5 Å². The highest BCUT2D eigenvalue weighted by Crippen LogP contribution is 2.30. The van der Waals surface area contributed by atoms with Gasteiger partial charge in [-0.2, -0.15) is 0 Å². The van der Waals surface area contributed by atoms with Crippen molar-refractivity contribution >= 4 is 22.7 Å². The number of benzene rings is 1. The van der Waals surface area contributed by atoms with Crippen molar-refractivity contribution in [3.05, 3.63) is 42.1 Å². The summed E-state index contributed by atoms with van der Waals surface area (Å²) in [5, 5.41) is 1.06. The molecule has 1 atom stereocenters. The van der Waals surface area contributed by atoms with Gasteiger partial charge >= 0.3 is 0 Å². The van der Waals surface area contributed by atoms with Crippen LogP contribution in [0, 0.1) is 5.92 Å². The lowest BCUT2D eigenvalue weighted by Gasteiger charge is -2.30. The number of amides is 2. The maximum atomic E-state index is 12.6. The molecule has 1 aromatic carbocycles. The minimum Gasteiger partial charge on any atom is -0.277 e. The first-order chi connectivity index (χ1) is 10.4. The zero-order valence-electron chi connectivity index (χ0n) is 13.2. The second-order valence-electron chi connectivity index (χ2n) is 6.84. The molecule has 1 fully saturated rings. The lowest BCUT2D eigenvalue weighted by molar-refractivity contribution is -0.144. The van der Waals surface area contributed by atoms with Crippen LogP contribution in [0.1, 0.15) is 32.8 Å². The highest BCUT2D eigenvalue weighted by Gasteiger charge is 2.43. The smallest absolute Gasteiger partial charge is 0.233 e. The van der Waals surface area contributed by atoms with Gasteiger partial charge in [0.25, 0.3) is 0 Å². The van der Waals surface area contributed by atoms with Crippen molar-refractivity contribution in [2.24, 2.45) is 5.92 Å². The molecule has 0 spiro atoms. The number of hydrogen-bond acceptors (Lipinski definition) is 3. The summed E-state index contributed by atoms with van der Waals surface area (Å²) in [6.45, 7) is 5.68. The molecular weight excluding hydrogens is 276 g/mol. The van der Waals surface area contributed by atoms with Crippen LogP contribution >= 0.6 is 0 Å². The molecule has 3 rings (SSSR count). The molecular formula is C18H20N2O2. The van der Waals surface area contributed by atoms with Gasteiger partial charge < -0.3 is 0 Å². The summed E-state index contributed by atoms with van der Waals surface area (Å²) >= 11 is 0. The van der Waals surface area contributed by atoms with E-state index in [4.69, 9.17) is 0 Å². The SMILES string of the molecule is CC(C)(C)N1C(=O)CC(Cc2cccc3cccnc23)C1=O. The molecule has 0 aliphatic carbocycles. The molecule has 4 heteroatoms. The van der Waals surface area contributed by atoms with Crippen molar-refractivity contribution in [3.63, 3.8) is 0 Å². The van der Waals surface area contributed by atoms with E-state index in [0.717, 1.165) is 16.5 Å². The Morgan fingerprint density at radius 1 is 1.18 bits per heavy atom. The lowest BCUT2D eigenvalue weighted by atomic mass is 9.96. The van der Waals surface area contributed by atoms with Gasteiger partial charge in [-0.05, 0) is 38.8 Å². The lowest BCUT2D eigenvalue weighted by Crippen LogP contribution is -2.45. The van der Waals surface area contributed by atoms with E-state index in [9.17, 15) is 9.59 Å². The Hall–Kier alpha value is -2.23. The van der Waals surface area contributed by atoms with E-state index in [1.54, 1.807) is 6.20 Å². The predicted octanol–water partition coefficient (Wildman–Crippen LogP) is 2.95. The quantitative estimate of drug-likeness (QED) is 0.801. The Morgan fingerprint density at radius 2 is 1.91 bits per heavy atom. The fraction of sp³-hybridized carbons (Fsp3) is 0.389. The standard InChI is InChI=1S/C18H20N2O2/c1-18(2,3)20-15(21)11-14(17(20)22)10-13-7-4-6-12-8-5-9-19-16(12)13/h4-9,14H,10-11H2,1-3H3. The largest absolute Gasteiger partial charge is 0.277 e. The third kappa shape index (κ3) is 2.49. The van der Waals surface area contributed by atoms with Crippen LogP contribution in [-0.4, -0.2) is 27.2 Å². The van der Waals surface area contributed by atoms with E-state index in [0.29, 0.717) is 12.8 Å². The minimum atomic E-state index is -0.458. The average Bonchev–Trinajstić information content (AvgIpc) is 2.73. The van der Waals surface area contributed by atoms with Crippen LogP contribution < -0.4 is 0 Å². The molecule has 2 heterocycles. The van der Waals surface area contributed by atoms with E-state index in [2.05, 4.69) is 4.98 Å². The minimum absolute atomic E-state index is 0.0644. The zero-order valence-corrected chi connectivity index (χ0v) is 13.2. The van der Waals surface area contributed by atoms with Crippen LogP contribution in [-0.2, 0) is 16.0 Å². The zero-order chi connectivity index (χ0) is 15.9. The molecule has 1 aliphatic heterocycles. The Morgan fingerprint density at radius 3 is 2.59 bits per heavy atom. The predicted molar refractivity (Wildman–Crippen MR) is 85.2 cm³/mol. The molecule has 0 radical (unpaired) electrons. The fourth-order valence-corrected chi connectivity index (χ4v) is 3.16. The van der Waals surface area contributed by atoms with E-state index in [-0.39, 0.29) is 17.7 Å². The third-order valence-corrected chi connectivity index (χ3v) is 4.09. The van der Waals surface area contributed by atoms with Gasteiger partial charge in [0.15, 0.2) is 0 Å². The van der Waals surface area contributed by atoms with Gasteiger partial charge in [-0.1, -0.05) is 24.3 Å². The highest BCUT2D eigenvalue weighted by molar-refractivity contribution is 6.04. The monoisotopic (exact) mass is 296 g/mol. The third-order valence-electron chi connectivity index (χ3n) is 4.09. The number of aromatic nitrogens is 1. The maximum absolute atomic E-state index is 12.6. The fourth-order valence-electron chi connectivity index (χ4n) is 3.16. The second-order valence-corrected chi connectivity index (χ2v) is 6.84. The Kier molecular flexibility index (Phi) is 3.47. The number of rotatable bonds is 2. The molecule has 2 aromatic rings. The summed E-state index contributed by atoms with van der Waals surface area (Å²) in [5.41, 5.74) is 1.49. The summed E-state index contributed by atoms with van der Waals surface area (Å²) in [4.78, 5) is 30.6. The van der Waals surface area contributed by atoms with Crippen LogP contribution in [0.2, 0.25) is 0 Å². The Bertz CT molecular complexity index is 741. The van der Waals surface area contributed by atoms with Gasteiger partial charge in [-0.15, -0.1) is 0 Å². The van der Waals surface area contributed by atoms with Crippen LogP contribution in [0.5, 0.6) is 0 Å².